The summed E-state index contributed by atoms with van der Waals surface area (Å²) in [5.41, 5.74) is 1.86. The van der Waals surface area contributed by atoms with Gasteiger partial charge >= 0.3 is 0 Å². The van der Waals surface area contributed by atoms with Crippen LogP contribution in [0.4, 0.5) is 11.4 Å². The molecule has 1 rings (SSSR count). The molecule has 0 aliphatic rings. The monoisotopic (exact) mass is 264 g/mol. The summed E-state index contributed by atoms with van der Waals surface area (Å²) in [6.45, 7) is 6.26. The van der Waals surface area contributed by atoms with Crippen molar-refractivity contribution in [2.24, 2.45) is 0 Å². The van der Waals surface area contributed by atoms with E-state index >= 15 is 0 Å². The SMILES string of the molecule is CCCCC(CCC)Nc1cc(C)ccc1[N+](=O)[O-]. The molecule has 19 heavy (non-hydrogen) atoms. The van der Waals surface area contributed by atoms with E-state index in [4.69, 9.17) is 0 Å². The van der Waals surface area contributed by atoms with Gasteiger partial charge in [-0.2, -0.15) is 0 Å². The predicted octanol–water partition coefficient (Wildman–Crippen LogP) is 4.67. The molecule has 1 aromatic carbocycles. The summed E-state index contributed by atoms with van der Waals surface area (Å²) in [5, 5.41) is 14.4. The summed E-state index contributed by atoms with van der Waals surface area (Å²) in [7, 11) is 0. The number of unbranched alkanes of at least 4 members (excludes halogenated alkanes) is 1. The van der Waals surface area contributed by atoms with Crippen LogP contribution in [0.15, 0.2) is 18.2 Å². The van der Waals surface area contributed by atoms with Crippen LogP contribution in [-0.4, -0.2) is 11.0 Å². The summed E-state index contributed by atoms with van der Waals surface area (Å²) in [6, 6.07) is 5.56. The molecule has 0 aliphatic heterocycles. The summed E-state index contributed by atoms with van der Waals surface area (Å²) in [6.07, 6.45) is 5.50. The number of benzene rings is 1. The molecule has 0 aromatic heterocycles. The van der Waals surface area contributed by atoms with Crippen LogP contribution in [0, 0.1) is 17.0 Å². The predicted molar refractivity (Wildman–Crippen MR) is 79.7 cm³/mol. The van der Waals surface area contributed by atoms with Crippen LogP contribution in [-0.2, 0) is 0 Å². The second-order valence-electron chi connectivity index (χ2n) is 5.05. The number of anilines is 1. The van der Waals surface area contributed by atoms with Gasteiger partial charge in [-0.15, -0.1) is 0 Å². The van der Waals surface area contributed by atoms with Crippen molar-refractivity contribution in [1.29, 1.82) is 0 Å². The Morgan fingerprint density at radius 1 is 1.26 bits per heavy atom. The Morgan fingerprint density at radius 2 is 2.00 bits per heavy atom. The van der Waals surface area contributed by atoms with Gasteiger partial charge in [-0.3, -0.25) is 10.1 Å². The molecule has 0 saturated heterocycles. The molecular formula is C15H24N2O2. The Bertz CT molecular complexity index is 419. The van der Waals surface area contributed by atoms with Crippen LogP contribution in [0.1, 0.15) is 51.5 Å². The van der Waals surface area contributed by atoms with Crippen molar-refractivity contribution in [1.82, 2.24) is 0 Å². The van der Waals surface area contributed by atoms with Crippen molar-refractivity contribution in [2.75, 3.05) is 5.32 Å². The van der Waals surface area contributed by atoms with Gasteiger partial charge < -0.3 is 5.32 Å². The molecule has 1 aromatic rings. The van der Waals surface area contributed by atoms with Gasteiger partial charge in [0.2, 0.25) is 0 Å². The van der Waals surface area contributed by atoms with E-state index in [1.807, 2.05) is 13.0 Å². The Balaban J connectivity index is 2.87. The fraction of sp³-hybridized carbons (Fsp3) is 0.600. The maximum absolute atomic E-state index is 11.1. The Morgan fingerprint density at radius 3 is 2.58 bits per heavy atom. The highest BCUT2D eigenvalue weighted by Gasteiger charge is 2.16. The van der Waals surface area contributed by atoms with Gasteiger partial charge in [-0.05, 0) is 31.4 Å². The van der Waals surface area contributed by atoms with E-state index in [9.17, 15) is 10.1 Å². The van der Waals surface area contributed by atoms with Crippen LogP contribution in [0.25, 0.3) is 0 Å². The van der Waals surface area contributed by atoms with E-state index in [1.54, 1.807) is 12.1 Å². The van der Waals surface area contributed by atoms with E-state index in [0.717, 1.165) is 37.7 Å². The normalized spacial score (nSPS) is 12.2. The summed E-state index contributed by atoms with van der Waals surface area (Å²) in [4.78, 5) is 10.7. The molecule has 106 valence electrons. The third-order valence-corrected chi connectivity index (χ3v) is 3.25. The largest absolute Gasteiger partial charge is 0.377 e. The van der Waals surface area contributed by atoms with E-state index in [-0.39, 0.29) is 10.6 Å². The molecular weight excluding hydrogens is 240 g/mol. The van der Waals surface area contributed by atoms with Gasteiger partial charge in [0.05, 0.1) is 4.92 Å². The molecule has 4 nitrogen and oxygen atoms in total. The molecule has 0 heterocycles. The first kappa shape index (κ1) is 15.5. The van der Waals surface area contributed by atoms with Gasteiger partial charge in [0.1, 0.15) is 5.69 Å². The fourth-order valence-electron chi connectivity index (χ4n) is 2.23. The van der Waals surface area contributed by atoms with E-state index < -0.39 is 0 Å². The number of nitro benzene ring substituents is 1. The van der Waals surface area contributed by atoms with Crippen molar-refractivity contribution in [3.63, 3.8) is 0 Å². The van der Waals surface area contributed by atoms with Gasteiger partial charge in [0, 0.05) is 12.1 Å². The number of aryl methyl sites for hydroxylation is 1. The van der Waals surface area contributed by atoms with Gasteiger partial charge in [-0.25, -0.2) is 0 Å². The molecule has 0 amide bonds. The van der Waals surface area contributed by atoms with Crippen LogP contribution in [0.2, 0.25) is 0 Å². The smallest absolute Gasteiger partial charge is 0.292 e. The number of hydrogen-bond donors (Lipinski definition) is 1. The lowest BCUT2D eigenvalue weighted by molar-refractivity contribution is -0.384. The lowest BCUT2D eigenvalue weighted by atomic mass is 10.0. The maximum atomic E-state index is 11.1. The molecule has 4 heteroatoms. The lowest BCUT2D eigenvalue weighted by Crippen LogP contribution is -2.20. The molecule has 0 radical (unpaired) electrons. The first-order valence-corrected chi connectivity index (χ1v) is 7.10. The molecule has 1 unspecified atom stereocenters. The first-order chi connectivity index (χ1) is 9.08. The number of nitro groups is 1. The summed E-state index contributed by atoms with van der Waals surface area (Å²) >= 11 is 0. The summed E-state index contributed by atoms with van der Waals surface area (Å²) < 4.78 is 0. The number of nitrogens with one attached hydrogen (secondary N) is 1. The summed E-state index contributed by atoms with van der Waals surface area (Å²) in [5.74, 6) is 0. The highest BCUT2D eigenvalue weighted by atomic mass is 16.6. The maximum Gasteiger partial charge on any atom is 0.292 e. The minimum atomic E-state index is -0.315. The third-order valence-electron chi connectivity index (χ3n) is 3.25. The van der Waals surface area contributed by atoms with E-state index in [2.05, 4.69) is 19.2 Å². The average Bonchev–Trinajstić information content (AvgIpc) is 2.36. The van der Waals surface area contributed by atoms with E-state index in [1.165, 1.54) is 0 Å². The van der Waals surface area contributed by atoms with Crippen molar-refractivity contribution in [2.45, 2.75) is 58.9 Å². The molecule has 0 aliphatic carbocycles. The molecule has 0 fully saturated rings. The third kappa shape index (κ3) is 4.89. The van der Waals surface area contributed by atoms with Crippen molar-refractivity contribution < 1.29 is 4.92 Å². The van der Waals surface area contributed by atoms with Crippen LogP contribution in [0.5, 0.6) is 0 Å². The number of rotatable bonds is 8. The highest BCUT2D eigenvalue weighted by Crippen LogP contribution is 2.27. The quantitative estimate of drug-likeness (QED) is 0.548. The number of nitrogens with zero attached hydrogens (tertiary/aromatic N) is 1. The zero-order valence-corrected chi connectivity index (χ0v) is 12.1. The topological polar surface area (TPSA) is 55.2 Å². The van der Waals surface area contributed by atoms with E-state index in [0.29, 0.717) is 11.7 Å². The highest BCUT2D eigenvalue weighted by molar-refractivity contribution is 5.63. The average molecular weight is 264 g/mol. The standard InChI is InChI=1S/C15H24N2O2/c1-4-6-8-13(7-5-2)16-14-11-12(3)9-10-15(14)17(18)19/h9-11,13,16H,4-8H2,1-3H3. The van der Waals surface area contributed by atoms with Crippen LogP contribution >= 0.6 is 0 Å². The molecule has 0 spiro atoms. The molecule has 0 bridgehead atoms. The fourth-order valence-corrected chi connectivity index (χ4v) is 2.23. The molecule has 1 atom stereocenters. The Kier molecular flexibility index (Phi) is 6.33. The second kappa shape index (κ2) is 7.77. The van der Waals surface area contributed by atoms with Gasteiger partial charge in [-0.1, -0.05) is 39.2 Å². The Hall–Kier alpha value is -1.58. The van der Waals surface area contributed by atoms with Gasteiger partial charge in [0.25, 0.3) is 5.69 Å². The van der Waals surface area contributed by atoms with Crippen molar-refractivity contribution >= 4 is 11.4 Å². The number of hydrogen-bond acceptors (Lipinski definition) is 3. The minimum Gasteiger partial charge on any atom is -0.377 e. The lowest BCUT2D eigenvalue weighted by Gasteiger charge is -2.19. The second-order valence-corrected chi connectivity index (χ2v) is 5.05. The van der Waals surface area contributed by atoms with Crippen LogP contribution in [0.3, 0.4) is 0 Å². The van der Waals surface area contributed by atoms with Crippen LogP contribution < -0.4 is 5.32 Å². The molecule has 0 saturated carbocycles. The zero-order valence-electron chi connectivity index (χ0n) is 12.1. The van der Waals surface area contributed by atoms with Gasteiger partial charge in [0.15, 0.2) is 0 Å². The minimum absolute atomic E-state index is 0.170. The van der Waals surface area contributed by atoms with Crippen molar-refractivity contribution in [3.8, 4) is 0 Å². The molecule has 1 N–H and O–H groups in total. The first-order valence-electron chi connectivity index (χ1n) is 7.10. The zero-order chi connectivity index (χ0) is 14.3. The Labute approximate surface area is 115 Å². The van der Waals surface area contributed by atoms with Crippen molar-refractivity contribution in [3.05, 3.63) is 33.9 Å².